The number of benzene rings is 1. The summed E-state index contributed by atoms with van der Waals surface area (Å²) in [5, 5.41) is 1.12. The molecule has 1 aromatic carbocycles. The summed E-state index contributed by atoms with van der Waals surface area (Å²) in [7, 11) is 0. The highest BCUT2D eigenvalue weighted by atomic mass is 35.5. The summed E-state index contributed by atoms with van der Waals surface area (Å²) in [6.07, 6.45) is 0. The van der Waals surface area contributed by atoms with Gasteiger partial charge in [-0.2, -0.15) is 4.98 Å². The number of halogens is 4. The lowest BCUT2D eigenvalue weighted by Crippen LogP contribution is -1.93. The van der Waals surface area contributed by atoms with E-state index >= 15 is 0 Å². The third kappa shape index (κ3) is 3.18. The number of ether oxygens (including phenoxy) is 1. The lowest BCUT2D eigenvalue weighted by atomic mass is 10.3. The molecule has 0 radical (unpaired) electrons. The van der Waals surface area contributed by atoms with Crippen LogP contribution >= 0.6 is 46.4 Å². The van der Waals surface area contributed by atoms with Crippen molar-refractivity contribution in [3.63, 3.8) is 0 Å². The zero-order chi connectivity index (χ0) is 13.3. The second kappa shape index (κ2) is 5.49. The van der Waals surface area contributed by atoms with Crippen molar-refractivity contribution in [1.29, 1.82) is 0 Å². The van der Waals surface area contributed by atoms with Crippen molar-refractivity contribution in [3.8, 4) is 11.6 Å². The first kappa shape index (κ1) is 13.7. The van der Waals surface area contributed by atoms with Crippen LogP contribution in [0.25, 0.3) is 0 Å². The predicted molar refractivity (Wildman–Crippen MR) is 73.3 cm³/mol. The summed E-state index contributed by atoms with van der Waals surface area (Å²) >= 11 is 23.4. The molecular weight excluding hydrogens is 318 g/mol. The highest BCUT2D eigenvalue weighted by Crippen LogP contribution is 2.36. The zero-order valence-electron chi connectivity index (χ0n) is 9.05. The van der Waals surface area contributed by atoms with E-state index in [4.69, 9.17) is 51.1 Å². The molecule has 0 fully saturated rings. The maximum atomic E-state index is 5.99. The summed E-state index contributed by atoms with van der Waals surface area (Å²) in [5.41, 5.74) is 0.682. The second-order valence-corrected chi connectivity index (χ2v) is 4.98. The first-order chi connectivity index (χ1) is 8.45. The molecule has 1 aromatic heterocycles. The molecule has 0 saturated carbocycles. The number of hydrogen-bond donors (Lipinski definition) is 0. The van der Waals surface area contributed by atoms with E-state index in [-0.39, 0.29) is 11.2 Å². The first-order valence-electron chi connectivity index (χ1n) is 4.79. The topological polar surface area (TPSA) is 35.0 Å². The van der Waals surface area contributed by atoms with E-state index in [1.165, 1.54) is 12.1 Å². The number of rotatable bonds is 2. The van der Waals surface area contributed by atoms with Crippen LogP contribution in [0.1, 0.15) is 5.69 Å². The molecule has 18 heavy (non-hydrogen) atoms. The van der Waals surface area contributed by atoms with Gasteiger partial charge in [0.1, 0.15) is 5.75 Å². The van der Waals surface area contributed by atoms with Crippen LogP contribution in [0.5, 0.6) is 11.6 Å². The molecule has 0 aliphatic heterocycles. The van der Waals surface area contributed by atoms with Crippen molar-refractivity contribution in [2.45, 2.75) is 6.92 Å². The predicted octanol–water partition coefficient (Wildman–Crippen LogP) is 5.19. The Morgan fingerprint density at radius 1 is 0.889 bits per heavy atom. The molecule has 0 bridgehead atoms. The molecule has 0 N–H and O–H groups in total. The monoisotopic (exact) mass is 322 g/mol. The Hall–Kier alpha value is -0.740. The molecule has 0 amide bonds. The molecule has 3 nitrogen and oxygen atoms in total. The molecule has 2 rings (SSSR count). The standard InChI is InChI=1S/C11H6Cl4N2O/c1-5-2-10(17-11(15)16-5)18-9-4-7(13)6(12)3-8(9)14/h2-4H,1H3. The Kier molecular flexibility index (Phi) is 4.17. The van der Waals surface area contributed by atoms with Crippen molar-refractivity contribution in [3.05, 3.63) is 44.2 Å². The maximum Gasteiger partial charge on any atom is 0.225 e. The Morgan fingerprint density at radius 3 is 2.22 bits per heavy atom. The molecule has 94 valence electrons. The van der Waals surface area contributed by atoms with Crippen LogP contribution < -0.4 is 4.74 Å². The molecular formula is C11H6Cl4N2O. The van der Waals surface area contributed by atoms with Crippen LogP contribution in [0, 0.1) is 6.92 Å². The fourth-order valence-electron chi connectivity index (χ4n) is 1.25. The molecule has 0 spiro atoms. The Balaban J connectivity index is 2.36. The SMILES string of the molecule is Cc1cc(Oc2cc(Cl)c(Cl)cc2Cl)nc(Cl)n1. The summed E-state index contributed by atoms with van der Waals surface area (Å²) in [6.45, 7) is 1.77. The Labute approximate surface area is 124 Å². The minimum absolute atomic E-state index is 0.0983. The third-order valence-corrected chi connectivity index (χ3v) is 3.18. The number of nitrogens with zero attached hydrogens (tertiary/aromatic N) is 2. The highest BCUT2D eigenvalue weighted by Gasteiger charge is 2.10. The first-order valence-corrected chi connectivity index (χ1v) is 6.30. The third-order valence-electron chi connectivity index (χ3n) is 1.99. The van der Waals surface area contributed by atoms with E-state index in [1.807, 2.05) is 0 Å². The molecule has 2 aromatic rings. The lowest BCUT2D eigenvalue weighted by Gasteiger charge is -2.08. The molecule has 1 heterocycles. The minimum atomic E-state index is 0.0983. The van der Waals surface area contributed by atoms with Crippen molar-refractivity contribution in [2.24, 2.45) is 0 Å². The molecule has 0 saturated heterocycles. The van der Waals surface area contributed by atoms with Gasteiger partial charge in [-0.25, -0.2) is 4.98 Å². The smallest absolute Gasteiger partial charge is 0.225 e. The van der Waals surface area contributed by atoms with Gasteiger partial charge < -0.3 is 4.74 Å². The van der Waals surface area contributed by atoms with E-state index in [9.17, 15) is 0 Å². The number of aromatic nitrogens is 2. The summed E-state index contributed by atoms with van der Waals surface area (Å²) in [6, 6.07) is 4.64. The van der Waals surface area contributed by atoms with Gasteiger partial charge >= 0.3 is 0 Å². The average Bonchev–Trinajstić information content (AvgIpc) is 2.24. The molecule has 0 atom stereocenters. The second-order valence-electron chi connectivity index (χ2n) is 3.42. The van der Waals surface area contributed by atoms with Crippen molar-refractivity contribution in [1.82, 2.24) is 9.97 Å². The minimum Gasteiger partial charge on any atom is -0.437 e. The van der Waals surface area contributed by atoms with Crippen LogP contribution in [0.2, 0.25) is 20.4 Å². The summed E-state index contributed by atoms with van der Waals surface area (Å²) in [5.74, 6) is 0.632. The zero-order valence-corrected chi connectivity index (χ0v) is 12.1. The lowest BCUT2D eigenvalue weighted by molar-refractivity contribution is 0.461. The molecule has 0 aliphatic rings. The molecule has 0 unspecified atom stereocenters. The van der Waals surface area contributed by atoms with Crippen LogP contribution in [0.4, 0.5) is 0 Å². The fourth-order valence-corrected chi connectivity index (χ4v) is 2.04. The van der Waals surface area contributed by atoms with Gasteiger partial charge in [0.15, 0.2) is 0 Å². The van der Waals surface area contributed by atoms with E-state index in [0.717, 1.165) is 0 Å². The van der Waals surface area contributed by atoms with Crippen LogP contribution in [-0.2, 0) is 0 Å². The van der Waals surface area contributed by atoms with Crippen molar-refractivity contribution < 1.29 is 4.74 Å². The van der Waals surface area contributed by atoms with Crippen LogP contribution in [0.15, 0.2) is 18.2 Å². The quantitative estimate of drug-likeness (QED) is 0.563. The van der Waals surface area contributed by atoms with E-state index in [1.54, 1.807) is 13.0 Å². The van der Waals surface area contributed by atoms with Gasteiger partial charge in [0.2, 0.25) is 11.2 Å². The fraction of sp³-hybridized carbons (Fsp3) is 0.0909. The average molecular weight is 324 g/mol. The molecule has 7 heteroatoms. The van der Waals surface area contributed by atoms with Gasteiger partial charge in [-0.15, -0.1) is 0 Å². The normalized spacial score (nSPS) is 10.5. The van der Waals surface area contributed by atoms with Crippen LogP contribution in [0.3, 0.4) is 0 Å². The van der Waals surface area contributed by atoms with Crippen LogP contribution in [-0.4, -0.2) is 9.97 Å². The summed E-state index contributed by atoms with van der Waals surface area (Å²) in [4.78, 5) is 7.84. The van der Waals surface area contributed by atoms with Crippen molar-refractivity contribution in [2.75, 3.05) is 0 Å². The summed E-state index contributed by atoms with van der Waals surface area (Å²) < 4.78 is 5.50. The van der Waals surface area contributed by atoms with Gasteiger partial charge in [-0.3, -0.25) is 0 Å². The number of hydrogen-bond acceptors (Lipinski definition) is 3. The van der Waals surface area contributed by atoms with Gasteiger partial charge in [-0.1, -0.05) is 34.8 Å². The van der Waals surface area contributed by atoms with E-state index < -0.39 is 0 Å². The van der Waals surface area contributed by atoms with Gasteiger partial charge in [0, 0.05) is 17.8 Å². The number of aryl methyl sites for hydroxylation is 1. The van der Waals surface area contributed by atoms with E-state index in [2.05, 4.69) is 9.97 Å². The van der Waals surface area contributed by atoms with Crippen molar-refractivity contribution >= 4 is 46.4 Å². The largest absolute Gasteiger partial charge is 0.437 e. The molecule has 0 aliphatic carbocycles. The Bertz CT molecular complexity index is 584. The highest BCUT2D eigenvalue weighted by molar-refractivity contribution is 6.43. The van der Waals surface area contributed by atoms with E-state index in [0.29, 0.717) is 26.5 Å². The van der Waals surface area contributed by atoms with Gasteiger partial charge in [0.25, 0.3) is 0 Å². The Morgan fingerprint density at radius 2 is 1.56 bits per heavy atom. The van der Waals surface area contributed by atoms with Gasteiger partial charge in [0.05, 0.1) is 15.1 Å². The van der Waals surface area contributed by atoms with Gasteiger partial charge in [-0.05, 0) is 24.6 Å². The maximum absolute atomic E-state index is 5.99.